The Kier molecular flexibility index (Phi) is 6.39. The van der Waals surface area contributed by atoms with Crippen LogP contribution in [0.2, 0.25) is 0 Å². The number of nitrogens with one attached hydrogen (secondary N) is 2. The van der Waals surface area contributed by atoms with Crippen molar-refractivity contribution in [2.45, 2.75) is 22.5 Å². The third-order valence-electron chi connectivity index (χ3n) is 4.70. The molecule has 0 saturated carbocycles. The molecule has 2 aromatic carbocycles. The zero-order valence-electron chi connectivity index (χ0n) is 16.4. The van der Waals surface area contributed by atoms with Gasteiger partial charge in [0.15, 0.2) is 5.16 Å². The summed E-state index contributed by atoms with van der Waals surface area (Å²) in [4.78, 5) is 26.1. The Morgan fingerprint density at radius 1 is 1.20 bits per heavy atom. The summed E-state index contributed by atoms with van der Waals surface area (Å²) in [6.45, 7) is 0. The van der Waals surface area contributed by atoms with E-state index in [1.807, 2.05) is 30.9 Å². The van der Waals surface area contributed by atoms with E-state index >= 15 is 0 Å². The number of amides is 2. The molecular formula is C21H21N5O2S2. The minimum Gasteiger partial charge on any atom is -0.345 e. The first-order valence-corrected chi connectivity index (χ1v) is 11.5. The highest BCUT2D eigenvalue weighted by Gasteiger charge is 2.22. The Hall–Kier alpha value is -2.78. The van der Waals surface area contributed by atoms with Crippen molar-refractivity contribution in [1.29, 1.82) is 0 Å². The van der Waals surface area contributed by atoms with Crippen molar-refractivity contribution >= 4 is 41.0 Å². The number of thioether (sulfide) groups is 2. The maximum absolute atomic E-state index is 12.7. The van der Waals surface area contributed by atoms with Crippen LogP contribution in [0.4, 0.5) is 5.69 Å². The summed E-state index contributed by atoms with van der Waals surface area (Å²) in [5.74, 6) is 0.960. The van der Waals surface area contributed by atoms with Crippen molar-refractivity contribution < 1.29 is 9.59 Å². The minimum atomic E-state index is -0.142. The number of carbonyl (C=O) groups excluding carboxylic acids is 2. The second kappa shape index (κ2) is 9.36. The van der Waals surface area contributed by atoms with E-state index in [0.29, 0.717) is 16.4 Å². The van der Waals surface area contributed by atoms with Crippen molar-refractivity contribution in [2.24, 2.45) is 7.05 Å². The molecule has 2 N–H and O–H groups in total. The Labute approximate surface area is 183 Å². The van der Waals surface area contributed by atoms with Gasteiger partial charge in [-0.15, -0.1) is 22.0 Å². The van der Waals surface area contributed by atoms with Gasteiger partial charge in [0.05, 0.1) is 11.8 Å². The number of hydrogen-bond donors (Lipinski definition) is 2. The van der Waals surface area contributed by atoms with E-state index in [9.17, 15) is 9.59 Å². The van der Waals surface area contributed by atoms with Crippen LogP contribution in [0.1, 0.15) is 28.4 Å². The smallest absolute Gasteiger partial charge is 0.251 e. The van der Waals surface area contributed by atoms with Crippen LogP contribution < -0.4 is 10.6 Å². The van der Waals surface area contributed by atoms with Gasteiger partial charge in [0.2, 0.25) is 5.91 Å². The number of aryl methyl sites for hydroxylation is 1. The van der Waals surface area contributed by atoms with Gasteiger partial charge in [0.25, 0.3) is 5.91 Å². The molecule has 0 saturated heterocycles. The predicted octanol–water partition coefficient (Wildman–Crippen LogP) is 3.51. The number of rotatable bonds is 6. The molecule has 1 atom stereocenters. The highest BCUT2D eigenvalue weighted by Crippen LogP contribution is 2.35. The fourth-order valence-electron chi connectivity index (χ4n) is 3.17. The first kappa shape index (κ1) is 20.5. The molecule has 154 valence electrons. The lowest BCUT2D eigenvalue weighted by Crippen LogP contribution is -2.30. The highest BCUT2D eigenvalue weighted by molar-refractivity contribution is 7.99. The molecule has 1 aliphatic rings. The third kappa shape index (κ3) is 4.85. The summed E-state index contributed by atoms with van der Waals surface area (Å²) in [5.41, 5.74) is 2.39. The molecule has 4 rings (SSSR count). The molecule has 30 heavy (non-hydrogen) atoms. The fraction of sp³-hybridized carbons (Fsp3) is 0.238. The Morgan fingerprint density at radius 3 is 2.77 bits per heavy atom. The van der Waals surface area contributed by atoms with Gasteiger partial charge in [-0.2, -0.15) is 0 Å². The molecule has 7 nitrogen and oxygen atoms in total. The Morgan fingerprint density at radius 2 is 2.00 bits per heavy atom. The van der Waals surface area contributed by atoms with Crippen LogP contribution in [-0.2, 0) is 11.8 Å². The molecule has 0 spiro atoms. The molecule has 0 fully saturated rings. The average Bonchev–Trinajstić information content (AvgIpc) is 3.18. The maximum Gasteiger partial charge on any atom is 0.251 e. The van der Waals surface area contributed by atoms with Crippen LogP contribution in [-0.4, -0.2) is 38.1 Å². The first-order chi connectivity index (χ1) is 14.6. The van der Waals surface area contributed by atoms with Gasteiger partial charge in [0.1, 0.15) is 6.33 Å². The van der Waals surface area contributed by atoms with Crippen molar-refractivity contribution in [3.8, 4) is 0 Å². The van der Waals surface area contributed by atoms with E-state index in [4.69, 9.17) is 0 Å². The zero-order valence-corrected chi connectivity index (χ0v) is 18.0. The zero-order chi connectivity index (χ0) is 20.9. The van der Waals surface area contributed by atoms with Gasteiger partial charge in [-0.05, 0) is 42.3 Å². The van der Waals surface area contributed by atoms with Crippen LogP contribution in [0, 0.1) is 0 Å². The predicted molar refractivity (Wildman–Crippen MR) is 119 cm³/mol. The highest BCUT2D eigenvalue weighted by atomic mass is 32.2. The molecule has 2 heterocycles. The monoisotopic (exact) mass is 439 g/mol. The van der Waals surface area contributed by atoms with E-state index < -0.39 is 0 Å². The van der Waals surface area contributed by atoms with Gasteiger partial charge in [0, 0.05) is 28.9 Å². The average molecular weight is 440 g/mol. The van der Waals surface area contributed by atoms with Crippen LogP contribution >= 0.6 is 23.5 Å². The number of nitrogens with zero attached hydrogens (tertiary/aromatic N) is 3. The molecule has 9 heteroatoms. The standard InChI is InChI=1S/C21H21N5O2S2/c1-26-13-22-25-21(26)30-12-19(27)23-15-8-6-14(7-9-15)20(28)24-17-10-11-29-18-5-3-2-4-16(17)18/h2-9,13,17H,10-12H2,1H3,(H,23,27)(H,24,28)/t17-/m1/s1. The summed E-state index contributed by atoms with van der Waals surface area (Å²) in [7, 11) is 1.83. The number of benzene rings is 2. The minimum absolute atomic E-state index is 0.0203. The summed E-state index contributed by atoms with van der Waals surface area (Å²) in [5, 5.41) is 14.4. The molecule has 0 unspecified atom stereocenters. The summed E-state index contributed by atoms with van der Waals surface area (Å²) in [6, 6.07) is 15.2. The SMILES string of the molecule is Cn1cnnc1SCC(=O)Nc1ccc(C(=O)N[C@@H]2CCSc3ccccc32)cc1. The molecule has 0 radical (unpaired) electrons. The Bertz CT molecular complexity index is 1050. The lowest BCUT2D eigenvalue weighted by molar-refractivity contribution is -0.113. The van der Waals surface area contributed by atoms with Crippen LogP contribution in [0.3, 0.4) is 0 Å². The van der Waals surface area contributed by atoms with E-state index in [2.05, 4.69) is 33.0 Å². The fourth-order valence-corrected chi connectivity index (χ4v) is 4.98. The van der Waals surface area contributed by atoms with Gasteiger partial charge in [-0.1, -0.05) is 30.0 Å². The topological polar surface area (TPSA) is 88.9 Å². The van der Waals surface area contributed by atoms with Gasteiger partial charge in [-0.25, -0.2) is 0 Å². The normalized spacial score (nSPS) is 15.3. The van der Waals surface area contributed by atoms with E-state index in [0.717, 1.165) is 12.2 Å². The first-order valence-electron chi connectivity index (χ1n) is 9.49. The molecule has 0 aliphatic carbocycles. The summed E-state index contributed by atoms with van der Waals surface area (Å²) >= 11 is 3.14. The summed E-state index contributed by atoms with van der Waals surface area (Å²) in [6.07, 6.45) is 2.50. The molecule has 1 aromatic heterocycles. The quantitative estimate of drug-likeness (QED) is 0.572. The van der Waals surface area contributed by atoms with Crippen molar-refractivity contribution in [3.05, 3.63) is 66.0 Å². The molecule has 1 aliphatic heterocycles. The lowest BCUT2D eigenvalue weighted by Gasteiger charge is -2.25. The molecular weight excluding hydrogens is 418 g/mol. The molecule has 3 aromatic rings. The number of hydrogen-bond acceptors (Lipinski definition) is 6. The lowest BCUT2D eigenvalue weighted by atomic mass is 10.0. The van der Waals surface area contributed by atoms with E-state index in [1.165, 1.54) is 22.2 Å². The number of fused-ring (bicyclic) bond motifs is 1. The second-order valence-electron chi connectivity index (χ2n) is 6.84. The van der Waals surface area contributed by atoms with Crippen molar-refractivity contribution in [3.63, 3.8) is 0 Å². The van der Waals surface area contributed by atoms with E-state index in [1.54, 1.807) is 35.2 Å². The van der Waals surface area contributed by atoms with Gasteiger partial charge >= 0.3 is 0 Å². The third-order valence-corrected chi connectivity index (χ3v) is 6.85. The summed E-state index contributed by atoms with van der Waals surface area (Å²) < 4.78 is 1.76. The van der Waals surface area contributed by atoms with Crippen molar-refractivity contribution in [1.82, 2.24) is 20.1 Å². The Balaban J connectivity index is 1.32. The van der Waals surface area contributed by atoms with E-state index in [-0.39, 0.29) is 23.6 Å². The maximum atomic E-state index is 12.7. The second-order valence-corrected chi connectivity index (χ2v) is 8.92. The van der Waals surface area contributed by atoms with Crippen LogP contribution in [0.15, 0.2) is 64.9 Å². The van der Waals surface area contributed by atoms with Gasteiger partial charge < -0.3 is 15.2 Å². The molecule has 2 amide bonds. The number of carbonyl (C=O) groups is 2. The van der Waals surface area contributed by atoms with Gasteiger partial charge in [-0.3, -0.25) is 9.59 Å². The van der Waals surface area contributed by atoms with Crippen molar-refractivity contribution in [2.75, 3.05) is 16.8 Å². The van der Waals surface area contributed by atoms with Crippen LogP contribution in [0.5, 0.6) is 0 Å². The number of aromatic nitrogens is 3. The molecule has 0 bridgehead atoms. The largest absolute Gasteiger partial charge is 0.345 e. The number of anilines is 1. The van der Waals surface area contributed by atoms with Crippen LogP contribution in [0.25, 0.3) is 0 Å².